The number of aliphatic imine (C=N–C) groups is 1. The second-order valence-electron chi connectivity index (χ2n) is 5.65. The number of hydrogen-bond donors (Lipinski definition) is 1. The van der Waals surface area contributed by atoms with Crippen molar-refractivity contribution < 1.29 is 4.74 Å². The fourth-order valence-electron chi connectivity index (χ4n) is 2.99. The number of nitrogens with one attached hydrogen (secondary N) is 1. The summed E-state index contributed by atoms with van der Waals surface area (Å²) in [6, 6.07) is 0. The van der Waals surface area contributed by atoms with Gasteiger partial charge in [0.25, 0.3) is 0 Å². The van der Waals surface area contributed by atoms with Gasteiger partial charge >= 0.3 is 0 Å². The molecule has 2 aliphatic rings. The van der Waals surface area contributed by atoms with Gasteiger partial charge in [-0.05, 0) is 37.7 Å². The topological polar surface area (TPSA) is 36.9 Å². The summed E-state index contributed by atoms with van der Waals surface area (Å²) in [5.41, 5.74) is 0.413. The summed E-state index contributed by atoms with van der Waals surface area (Å²) in [7, 11) is 1.89. The van der Waals surface area contributed by atoms with Crippen molar-refractivity contribution >= 4 is 17.7 Å². The van der Waals surface area contributed by atoms with Crippen molar-refractivity contribution in [3.05, 3.63) is 0 Å². The molecule has 0 bridgehead atoms. The Labute approximate surface area is 121 Å². The van der Waals surface area contributed by atoms with E-state index >= 15 is 0 Å². The van der Waals surface area contributed by atoms with Crippen molar-refractivity contribution in [3.8, 4) is 0 Å². The third-order valence-corrected chi connectivity index (χ3v) is 4.89. The standard InChI is InChI=1S/C14H27N3OS/c1-15-13(16-7-3-4-10-19-2)17-8-5-14(11-17)6-9-18-12-14/h3-12H2,1-2H3,(H,15,16). The van der Waals surface area contributed by atoms with Gasteiger partial charge in [-0.2, -0.15) is 11.8 Å². The predicted octanol–water partition coefficient (Wildman–Crippen LogP) is 1.82. The number of nitrogens with zero attached hydrogens (tertiary/aromatic N) is 2. The smallest absolute Gasteiger partial charge is 0.193 e. The lowest BCUT2D eigenvalue weighted by atomic mass is 9.87. The van der Waals surface area contributed by atoms with Gasteiger partial charge in [-0.1, -0.05) is 0 Å². The van der Waals surface area contributed by atoms with Gasteiger partial charge in [0.1, 0.15) is 0 Å². The zero-order valence-corrected chi connectivity index (χ0v) is 13.1. The molecule has 0 aromatic rings. The first-order valence-electron chi connectivity index (χ1n) is 7.32. The van der Waals surface area contributed by atoms with Gasteiger partial charge in [-0.15, -0.1) is 0 Å². The minimum absolute atomic E-state index is 0.413. The Hall–Kier alpha value is -0.420. The summed E-state index contributed by atoms with van der Waals surface area (Å²) in [4.78, 5) is 6.83. The molecule has 2 fully saturated rings. The van der Waals surface area contributed by atoms with Gasteiger partial charge in [0.2, 0.25) is 0 Å². The molecule has 0 aliphatic carbocycles. The first-order chi connectivity index (χ1) is 9.29. The summed E-state index contributed by atoms with van der Waals surface area (Å²) in [6.07, 6.45) is 7.14. The van der Waals surface area contributed by atoms with Crippen LogP contribution in [-0.2, 0) is 4.74 Å². The van der Waals surface area contributed by atoms with E-state index in [1.165, 1.54) is 31.4 Å². The Morgan fingerprint density at radius 2 is 2.32 bits per heavy atom. The van der Waals surface area contributed by atoms with Crippen molar-refractivity contribution in [1.29, 1.82) is 0 Å². The average Bonchev–Trinajstić information content (AvgIpc) is 3.05. The van der Waals surface area contributed by atoms with E-state index in [4.69, 9.17) is 4.74 Å². The molecule has 110 valence electrons. The molecule has 0 aromatic carbocycles. The van der Waals surface area contributed by atoms with Crippen molar-refractivity contribution in [2.24, 2.45) is 10.4 Å². The fraction of sp³-hybridized carbons (Fsp3) is 0.929. The molecule has 1 spiro atoms. The minimum atomic E-state index is 0.413. The maximum absolute atomic E-state index is 5.58. The molecule has 2 rings (SSSR count). The molecule has 0 amide bonds. The Balaban J connectivity index is 1.73. The first-order valence-corrected chi connectivity index (χ1v) is 8.71. The molecule has 2 aliphatic heterocycles. The number of likely N-dealkylation sites (tertiary alicyclic amines) is 1. The highest BCUT2D eigenvalue weighted by Gasteiger charge is 2.42. The Morgan fingerprint density at radius 1 is 1.42 bits per heavy atom. The normalized spacial score (nSPS) is 27.5. The molecular weight excluding hydrogens is 258 g/mol. The maximum Gasteiger partial charge on any atom is 0.193 e. The number of hydrogen-bond acceptors (Lipinski definition) is 3. The molecule has 0 radical (unpaired) electrons. The van der Waals surface area contributed by atoms with Gasteiger partial charge in [-0.25, -0.2) is 0 Å². The van der Waals surface area contributed by atoms with Gasteiger partial charge in [0.05, 0.1) is 6.61 Å². The van der Waals surface area contributed by atoms with E-state index in [9.17, 15) is 0 Å². The molecular formula is C14H27N3OS. The van der Waals surface area contributed by atoms with Crippen LogP contribution in [0.2, 0.25) is 0 Å². The third-order valence-electron chi connectivity index (χ3n) is 4.19. The molecule has 1 N–H and O–H groups in total. The van der Waals surface area contributed by atoms with E-state index in [0.29, 0.717) is 5.41 Å². The Kier molecular flexibility index (Phi) is 5.82. The number of thioether (sulfide) groups is 1. The number of ether oxygens (including phenoxy) is 1. The molecule has 1 unspecified atom stereocenters. The zero-order chi connectivity index (χ0) is 13.6. The van der Waals surface area contributed by atoms with Crippen molar-refractivity contribution in [2.75, 3.05) is 51.9 Å². The second-order valence-corrected chi connectivity index (χ2v) is 6.63. The van der Waals surface area contributed by atoms with E-state index in [1.54, 1.807) is 0 Å². The van der Waals surface area contributed by atoms with E-state index in [2.05, 4.69) is 21.5 Å². The molecule has 2 saturated heterocycles. The van der Waals surface area contributed by atoms with Crippen LogP contribution in [0.5, 0.6) is 0 Å². The summed E-state index contributed by atoms with van der Waals surface area (Å²) < 4.78 is 5.58. The largest absolute Gasteiger partial charge is 0.381 e. The quantitative estimate of drug-likeness (QED) is 0.475. The molecule has 0 saturated carbocycles. The van der Waals surface area contributed by atoms with Crippen LogP contribution >= 0.6 is 11.8 Å². The number of unbranched alkanes of at least 4 members (excludes halogenated alkanes) is 1. The first kappa shape index (κ1) is 15.0. The zero-order valence-electron chi connectivity index (χ0n) is 12.3. The van der Waals surface area contributed by atoms with E-state index < -0.39 is 0 Å². The molecule has 2 heterocycles. The summed E-state index contributed by atoms with van der Waals surface area (Å²) in [5, 5.41) is 3.50. The van der Waals surface area contributed by atoms with Crippen LogP contribution in [0.1, 0.15) is 25.7 Å². The van der Waals surface area contributed by atoms with Gasteiger partial charge in [-0.3, -0.25) is 4.99 Å². The fourth-order valence-corrected chi connectivity index (χ4v) is 3.48. The Morgan fingerprint density at radius 3 is 3.00 bits per heavy atom. The average molecular weight is 285 g/mol. The van der Waals surface area contributed by atoms with Crippen LogP contribution in [0.15, 0.2) is 4.99 Å². The van der Waals surface area contributed by atoms with E-state index in [0.717, 1.165) is 38.8 Å². The van der Waals surface area contributed by atoms with E-state index in [1.807, 2.05) is 18.8 Å². The van der Waals surface area contributed by atoms with Crippen molar-refractivity contribution in [2.45, 2.75) is 25.7 Å². The van der Waals surface area contributed by atoms with Gasteiger partial charge < -0.3 is 15.0 Å². The SMILES string of the molecule is CN=C(NCCCCSC)N1CCC2(CCOC2)C1. The predicted molar refractivity (Wildman–Crippen MR) is 83.0 cm³/mol. The van der Waals surface area contributed by atoms with Gasteiger partial charge in [0, 0.05) is 38.7 Å². The lowest BCUT2D eigenvalue weighted by Gasteiger charge is -2.24. The van der Waals surface area contributed by atoms with Crippen LogP contribution in [0.3, 0.4) is 0 Å². The van der Waals surface area contributed by atoms with Crippen LogP contribution in [0.4, 0.5) is 0 Å². The van der Waals surface area contributed by atoms with Crippen LogP contribution < -0.4 is 5.32 Å². The van der Waals surface area contributed by atoms with Crippen molar-refractivity contribution in [1.82, 2.24) is 10.2 Å². The third kappa shape index (κ3) is 4.02. The molecule has 4 nitrogen and oxygen atoms in total. The van der Waals surface area contributed by atoms with Crippen molar-refractivity contribution in [3.63, 3.8) is 0 Å². The highest BCUT2D eigenvalue weighted by atomic mass is 32.2. The van der Waals surface area contributed by atoms with Gasteiger partial charge in [0.15, 0.2) is 5.96 Å². The second kappa shape index (κ2) is 7.39. The van der Waals surface area contributed by atoms with Crippen LogP contribution in [-0.4, -0.2) is 62.8 Å². The van der Waals surface area contributed by atoms with Crippen LogP contribution in [0, 0.1) is 5.41 Å². The molecule has 1 atom stereocenters. The monoisotopic (exact) mass is 285 g/mol. The summed E-state index contributed by atoms with van der Waals surface area (Å²) in [5.74, 6) is 2.33. The summed E-state index contributed by atoms with van der Waals surface area (Å²) in [6.45, 7) is 5.14. The Bertz CT molecular complexity index is 303. The lowest BCUT2D eigenvalue weighted by Crippen LogP contribution is -2.41. The minimum Gasteiger partial charge on any atom is -0.381 e. The van der Waals surface area contributed by atoms with Crippen LogP contribution in [0.25, 0.3) is 0 Å². The number of rotatable bonds is 5. The van der Waals surface area contributed by atoms with E-state index in [-0.39, 0.29) is 0 Å². The highest BCUT2D eigenvalue weighted by molar-refractivity contribution is 7.98. The maximum atomic E-state index is 5.58. The highest BCUT2D eigenvalue weighted by Crippen LogP contribution is 2.38. The number of guanidine groups is 1. The summed E-state index contributed by atoms with van der Waals surface area (Å²) >= 11 is 1.92. The molecule has 19 heavy (non-hydrogen) atoms. The lowest BCUT2D eigenvalue weighted by molar-refractivity contribution is 0.156. The molecule has 5 heteroatoms. The molecule has 0 aromatic heterocycles.